The maximum Gasteiger partial charge on any atom is 0.126 e. The van der Waals surface area contributed by atoms with Gasteiger partial charge in [0.1, 0.15) is 5.82 Å². The lowest BCUT2D eigenvalue weighted by molar-refractivity contribution is 0.202. The number of nitrogens with zero attached hydrogens (tertiary/aromatic N) is 1. The van der Waals surface area contributed by atoms with Crippen LogP contribution in [0.25, 0.3) is 0 Å². The van der Waals surface area contributed by atoms with E-state index in [-0.39, 0.29) is 12.1 Å². The highest BCUT2D eigenvalue weighted by Crippen LogP contribution is 2.21. The van der Waals surface area contributed by atoms with Crippen molar-refractivity contribution in [3.63, 3.8) is 0 Å². The quantitative estimate of drug-likeness (QED) is 0.815. The molecule has 0 aromatic carbocycles. The summed E-state index contributed by atoms with van der Waals surface area (Å²) in [6.07, 6.45) is 3.30. The first-order valence-corrected chi connectivity index (χ1v) is 5.54. The monoisotopic (exact) mass is 228 g/mol. The maximum atomic E-state index is 9.38. The van der Waals surface area contributed by atoms with E-state index in [1.807, 2.05) is 19.9 Å². The van der Waals surface area contributed by atoms with Gasteiger partial charge in [-0.3, -0.25) is 0 Å². The van der Waals surface area contributed by atoms with Crippen LogP contribution in [0.2, 0.25) is 5.02 Å². The van der Waals surface area contributed by atoms with Crippen LogP contribution in [0.15, 0.2) is 18.3 Å². The van der Waals surface area contributed by atoms with Gasteiger partial charge in [0, 0.05) is 6.20 Å². The fraction of sp³-hybridized carbons (Fsp3) is 0.545. The predicted octanol–water partition coefficient (Wildman–Crippen LogP) is 2.70. The van der Waals surface area contributed by atoms with E-state index in [0.29, 0.717) is 5.02 Å². The molecule has 0 unspecified atom stereocenters. The lowest BCUT2D eigenvalue weighted by atomic mass is 9.94. The fourth-order valence-corrected chi connectivity index (χ4v) is 1.52. The molecular formula is C11H17ClN2O. The van der Waals surface area contributed by atoms with E-state index >= 15 is 0 Å². The van der Waals surface area contributed by atoms with Crippen molar-refractivity contribution in [2.24, 2.45) is 0 Å². The van der Waals surface area contributed by atoms with Crippen molar-refractivity contribution in [2.75, 3.05) is 11.9 Å². The van der Waals surface area contributed by atoms with Crippen LogP contribution in [-0.2, 0) is 0 Å². The second-order valence-electron chi connectivity index (χ2n) is 3.63. The summed E-state index contributed by atoms with van der Waals surface area (Å²) >= 11 is 5.74. The first-order valence-electron chi connectivity index (χ1n) is 5.16. The van der Waals surface area contributed by atoms with Crippen LogP contribution in [-0.4, -0.2) is 22.2 Å². The molecule has 0 aliphatic carbocycles. The van der Waals surface area contributed by atoms with Crippen LogP contribution in [0.3, 0.4) is 0 Å². The maximum absolute atomic E-state index is 9.38. The zero-order chi connectivity index (χ0) is 11.3. The summed E-state index contributed by atoms with van der Waals surface area (Å²) in [5.74, 6) is 0.747. The second-order valence-corrected chi connectivity index (χ2v) is 4.07. The van der Waals surface area contributed by atoms with E-state index < -0.39 is 0 Å². The molecule has 1 rings (SSSR count). The smallest absolute Gasteiger partial charge is 0.126 e. The van der Waals surface area contributed by atoms with Crippen LogP contribution in [0.5, 0.6) is 0 Å². The number of rotatable bonds is 5. The fourth-order valence-electron chi connectivity index (χ4n) is 1.41. The molecule has 0 saturated heterocycles. The Morgan fingerprint density at radius 1 is 1.40 bits per heavy atom. The normalized spacial score (nSPS) is 11.5. The summed E-state index contributed by atoms with van der Waals surface area (Å²) in [5, 5.41) is 13.2. The van der Waals surface area contributed by atoms with Crippen molar-refractivity contribution >= 4 is 17.4 Å². The summed E-state index contributed by atoms with van der Waals surface area (Å²) in [5.41, 5.74) is -0.277. The van der Waals surface area contributed by atoms with Gasteiger partial charge >= 0.3 is 0 Å². The van der Waals surface area contributed by atoms with E-state index in [1.165, 1.54) is 0 Å². The van der Waals surface area contributed by atoms with Crippen LogP contribution in [0.1, 0.15) is 26.7 Å². The molecule has 3 nitrogen and oxygen atoms in total. The Labute approximate surface area is 95.5 Å². The molecule has 15 heavy (non-hydrogen) atoms. The summed E-state index contributed by atoms with van der Waals surface area (Å²) in [4.78, 5) is 4.15. The summed E-state index contributed by atoms with van der Waals surface area (Å²) in [6, 6.07) is 3.60. The van der Waals surface area contributed by atoms with Gasteiger partial charge in [-0.1, -0.05) is 25.4 Å². The Balaban J connectivity index is 2.78. The van der Waals surface area contributed by atoms with E-state index in [2.05, 4.69) is 10.3 Å². The van der Waals surface area contributed by atoms with Gasteiger partial charge < -0.3 is 10.4 Å². The topological polar surface area (TPSA) is 45.1 Å². The number of halogens is 1. The highest BCUT2D eigenvalue weighted by atomic mass is 35.5. The summed E-state index contributed by atoms with van der Waals surface area (Å²) in [6.45, 7) is 4.19. The van der Waals surface area contributed by atoms with Gasteiger partial charge in [0.25, 0.3) is 0 Å². The molecule has 84 valence electrons. The van der Waals surface area contributed by atoms with Gasteiger partial charge in [0.15, 0.2) is 0 Å². The number of aromatic nitrogens is 1. The van der Waals surface area contributed by atoms with Gasteiger partial charge in [-0.05, 0) is 25.0 Å². The second kappa shape index (κ2) is 5.33. The molecule has 0 spiro atoms. The van der Waals surface area contributed by atoms with E-state index in [9.17, 15) is 5.11 Å². The van der Waals surface area contributed by atoms with Crippen molar-refractivity contribution in [1.29, 1.82) is 0 Å². The summed E-state index contributed by atoms with van der Waals surface area (Å²) < 4.78 is 0. The SMILES string of the molecule is CCC(CC)(CO)Nc1ccc(Cl)cn1. The molecule has 4 heteroatoms. The van der Waals surface area contributed by atoms with Gasteiger partial charge in [-0.25, -0.2) is 4.98 Å². The standard InChI is InChI=1S/C11H17ClN2O/c1-3-11(4-2,8-15)14-10-6-5-9(12)7-13-10/h5-7,15H,3-4,8H2,1-2H3,(H,13,14). The largest absolute Gasteiger partial charge is 0.394 e. The molecule has 0 radical (unpaired) electrons. The molecule has 1 heterocycles. The van der Waals surface area contributed by atoms with E-state index in [4.69, 9.17) is 11.6 Å². The van der Waals surface area contributed by atoms with Crippen LogP contribution in [0.4, 0.5) is 5.82 Å². The Bertz CT molecular complexity index is 288. The third-order valence-electron chi connectivity index (χ3n) is 2.78. The first-order chi connectivity index (χ1) is 7.15. The third-order valence-corrected chi connectivity index (χ3v) is 3.00. The van der Waals surface area contributed by atoms with Crippen molar-refractivity contribution in [3.8, 4) is 0 Å². The van der Waals surface area contributed by atoms with E-state index in [1.54, 1.807) is 12.3 Å². The summed E-state index contributed by atoms with van der Waals surface area (Å²) in [7, 11) is 0. The Morgan fingerprint density at radius 2 is 2.07 bits per heavy atom. The minimum atomic E-state index is -0.277. The molecule has 0 saturated carbocycles. The molecule has 0 aliphatic rings. The molecule has 0 aliphatic heterocycles. The zero-order valence-corrected chi connectivity index (χ0v) is 9.88. The van der Waals surface area contributed by atoms with Crippen LogP contribution < -0.4 is 5.32 Å². The molecule has 1 aromatic rings. The van der Waals surface area contributed by atoms with Crippen molar-refractivity contribution in [1.82, 2.24) is 4.98 Å². The first kappa shape index (κ1) is 12.3. The van der Waals surface area contributed by atoms with Crippen molar-refractivity contribution in [2.45, 2.75) is 32.2 Å². The Hall–Kier alpha value is -0.800. The number of hydrogen-bond acceptors (Lipinski definition) is 3. The number of pyridine rings is 1. The molecule has 2 N–H and O–H groups in total. The predicted molar refractivity (Wildman–Crippen MR) is 63.3 cm³/mol. The van der Waals surface area contributed by atoms with Gasteiger partial charge in [-0.2, -0.15) is 0 Å². The van der Waals surface area contributed by atoms with Crippen LogP contribution in [0, 0.1) is 0 Å². The molecule has 0 amide bonds. The van der Waals surface area contributed by atoms with Crippen LogP contribution >= 0.6 is 11.6 Å². The molecular weight excluding hydrogens is 212 g/mol. The molecule has 1 aromatic heterocycles. The highest BCUT2D eigenvalue weighted by Gasteiger charge is 2.24. The molecule has 0 fully saturated rings. The number of aliphatic hydroxyl groups excluding tert-OH is 1. The highest BCUT2D eigenvalue weighted by molar-refractivity contribution is 6.30. The van der Waals surface area contributed by atoms with Gasteiger partial charge in [-0.15, -0.1) is 0 Å². The van der Waals surface area contributed by atoms with Gasteiger partial charge in [0.05, 0.1) is 17.2 Å². The minimum absolute atomic E-state index is 0.101. The zero-order valence-electron chi connectivity index (χ0n) is 9.13. The molecule has 0 atom stereocenters. The number of aliphatic hydroxyl groups is 1. The minimum Gasteiger partial charge on any atom is -0.394 e. The average Bonchev–Trinajstić information content (AvgIpc) is 2.29. The lowest BCUT2D eigenvalue weighted by Crippen LogP contribution is -2.41. The molecule has 0 bridgehead atoms. The Kier molecular flexibility index (Phi) is 4.36. The van der Waals surface area contributed by atoms with Crippen molar-refractivity contribution < 1.29 is 5.11 Å². The van der Waals surface area contributed by atoms with E-state index in [0.717, 1.165) is 18.7 Å². The third kappa shape index (κ3) is 3.08. The van der Waals surface area contributed by atoms with Crippen molar-refractivity contribution in [3.05, 3.63) is 23.4 Å². The average molecular weight is 229 g/mol. The number of anilines is 1. The lowest BCUT2D eigenvalue weighted by Gasteiger charge is -2.31. The number of hydrogen-bond donors (Lipinski definition) is 2. The van der Waals surface area contributed by atoms with Gasteiger partial charge in [0.2, 0.25) is 0 Å². The Morgan fingerprint density at radius 3 is 2.47 bits per heavy atom. The number of nitrogens with one attached hydrogen (secondary N) is 1.